The van der Waals surface area contributed by atoms with Crippen molar-refractivity contribution in [2.45, 2.75) is 70.4 Å². The Balaban J connectivity index is 1.62. The molecule has 2 fully saturated rings. The van der Waals surface area contributed by atoms with Crippen LogP contribution in [0.5, 0.6) is 0 Å². The molecule has 1 amide bonds. The summed E-state index contributed by atoms with van der Waals surface area (Å²) in [5, 5.41) is 3.08. The summed E-state index contributed by atoms with van der Waals surface area (Å²) in [4.78, 5) is 11.8. The van der Waals surface area contributed by atoms with E-state index in [1.54, 1.807) is 0 Å². The first-order valence-electron chi connectivity index (χ1n) is 7.16. The van der Waals surface area contributed by atoms with E-state index in [9.17, 15) is 4.79 Å². The quantitative estimate of drug-likeness (QED) is 0.801. The molecule has 3 nitrogen and oxygen atoms in total. The van der Waals surface area contributed by atoms with Gasteiger partial charge in [0.25, 0.3) is 0 Å². The minimum absolute atomic E-state index is 0.175. The van der Waals surface area contributed by atoms with E-state index in [4.69, 9.17) is 4.74 Å². The normalized spacial score (nSPS) is 27.2. The maximum absolute atomic E-state index is 11.8. The second-order valence-electron chi connectivity index (χ2n) is 5.60. The van der Waals surface area contributed by atoms with Crippen LogP contribution in [-0.2, 0) is 9.53 Å². The lowest BCUT2D eigenvalue weighted by Crippen LogP contribution is -2.40. The molecule has 0 bridgehead atoms. The molecule has 1 saturated carbocycles. The molecule has 3 heteroatoms. The smallest absolute Gasteiger partial charge is 0.220 e. The second kappa shape index (κ2) is 6.39. The van der Waals surface area contributed by atoms with Crippen molar-refractivity contribution >= 4 is 5.91 Å². The molecule has 1 aliphatic carbocycles. The van der Waals surface area contributed by atoms with Gasteiger partial charge in [0.15, 0.2) is 0 Å². The number of ether oxygens (including phenoxy) is 1. The summed E-state index contributed by atoms with van der Waals surface area (Å²) in [5.41, 5.74) is 0. The summed E-state index contributed by atoms with van der Waals surface area (Å²) in [5.74, 6) is 1.01. The molecule has 2 aliphatic rings. The number of rotatable bonds is 5. The first-order valence-corrected chi connectivity index (χ1v) is 7.16. The van der Waals surface area contributed by atoms with Crippen molar-refractivity contribution in [1.29, 1.82) is 0 Å². The van der Waals surface area contributed by atoms with Gasteiger partial charge in [-0.2, -0.15) is 0 Å². The predicted octanol–water partition coefficient (Wildman–Crippen LogP) is 2.64. The van der Waals surface area contributed by atoms with E-state index in [1.165, 1.54) is 25.7 Å². The van der Waals surface area contributed by atoms with Crippen molar-refractivity contribution in [2.75, 3.05) is 6.61 Å². The number of amides is 1. The van der Waals surface area contributed by atoms with Crippen LogP contribution < -0.4 is 5.32 Å². The largest absolute Gasteiger partial charge is 0.376 e. The SMILES string of the molecule is C[C@@H](NC(=O)CCC1CCCC1)[C@@H]1CCCO1. The molecule has 0 aromatic rings. The first kappa shape index (κ1) is 12.9. The van der Waals surface area contributed by atoms with Crippen LogP contribution >= 0.6 is 0 Å². The summed E-state index contributed by atoms with van der Waals surface area (Å²) in [6, 6.07) is 0.175. The highest BCUT2D eigenvalue weighted by Crippen LogP contribution is 2.28. The number of carbonyl (C=O) groups excluding carboxylic acids is 1. The van der Waals surface area contributed by atoms with Gasteiger partial charge in [0.2, 0.25) is 5.91 Å². The Morgan fingerprint density at radius 3 is 2.71 bits per heavy atom. The zero-order chi connectivity index (χ0) is 12.1. The van der Waals surface area contributed by atoms with Gasteiger partial charge in [0, 0.05) is 13.0 Å². The fourth-order valence-corrected chi connectivity index (χ4v) is 3.05. The van der Waals surface area contributed by atoms with Crippen LogP contribution in [0.1, 0.15) is 58.3 Å². The molecule has 2 rings (SSSR count). The Morgan fingerprint density at radius 2 is 2.06 bits per heavy atom. The van der Waals surface area contributed by atoms with Gasteiger partial charge in [-0.1, -0.05) is 25.7 Å². The molecule has 0 aromatic carbocycles. The maximum Gasteiger partial charge on any atom is 0.220 e. The molecule has 1 heterocycles. The van der Waals surface area contributed by atoms with Crippen LogP contribution in [0.25, 0.3) is 0 Å². The number of carbonyl (C=O) groups is 1. The van der Waals surface area contributed by atoms with E-state index in [-0.39, 0.29) is 18.1 Å². The number of nitrogens with one attached hydrogen (secondary N) is 1. The minimum atomic E-state index is 0.175. The van der Waals surface area contributed by atoms with Crippen molar-refractivity contribution in [2.24, 2.45) is 5.92 Å². The van der Waals surface area contributed by atoms with Gasteiger partial charge in [-0.15, -0.1) is 0 Å². The highest BCUT2D eigenvalue weighted by atomic mass is 16.5. The Bertz CT molecular complexity index is 243. The second-order valence-corrected chi connectivity index (χ2v) is 5.60. The molecular weight excluding hydrogens is 214 g/mol. The molecule has 0 unspecified atom stereocenters. The minimum Gasteiger partial charge on any atom is -0.376 e. The van der Waals surface area contributed by atoms with Gasteiger partial charge < -0.3 is 10.1 Å². The van der Waals surface area contributed by atoms with Crippen LogP contribution in [0.15, 0.2) is 0 Å². The predicted molar refractivity (Wildman–Crippen MR) is 67.8 cm³/mol. The topological polar surface area (TPSA) is 38.3 Å². The van der Waals surface area contributed by atoms with Crippen molar-refractivity contribution < 1.29 is 9.53 Å². The molecule has 1 aliphatic heterocycles. The highest BCUT2D eigenvalue weighted by molar-refractivity contribution is 5.76. The van der Waals surface area contributed by atoms with Gasteiger partial charge in [0.1, 0.15) is 0 Å². The molecule has 0 spiro atoms. The Labute approximate surface area is 104 Å². The van der Waals surface area contributed by atoms with E-state index >= 15 is 0 Å². The summed E-state index contributed by atoms with van der Waals surface area (Å²) < 4.78 is 5.58. The van der Waals surface area contributed by atoms with Gasteiger partial charge in [-0.25, -0.2) is 0 Å². The summed E-state index contributed by atoms with van der Waals surface area (Å²) in [7, 11) is 0. The Morgan fingerprint density at radius 1 is 1.29 bits per heavy atom. The average Bonchev–Trinajstić information content (AvgIpc) is 2.99. The lowest BCUT2D eigenvalue weighted by molar-refractivity contribution is -0.122. The fourth-order valence-electron chi connectivity index (χ4n) is 3.05. The first-order chi connectivity index (χ1) is 8.25. The van der Waals surface area contributed by atoms with E-state index in [2.05, 4.69) is 12.2 Å². The summed E-state index contributed by atoms with van der Waals surface area (Å²) >= 11 is 0. The Kier molecular flexibility index (Phi) is 4.84. The van der Waals surface area contributed by atoms with Crippen molar-refractivity contribution in [3.8, 4) is 0 Å². The molecular formula is C14H25NO2. The molecule has 1 saturated heterocycles. The Hall–Kier alpha value is -0.570. The average molecular weight is 239 g/mol. The van der Waals surface area contributed by atoms with Gasteiger partial charge >= 0.3 is 0 Å². The third kappa shape index (κ3) is 3.98. The maximum atomic E-state index is 11.8. The van der Waals surface area contributed by atoms with Crippen LogP contribution in [0, 0.1) is 5.92 Å². The van der Waals surface area contributed by atoms with E-state index < -0.39 is 0 Å². The monoisotopic (exact) mass is 239 g/mol. The van der Waals surface area contributed by atoms with Crippen molar-refractivity contribution in [3.63, 3.8) is 0 Å². The summed E-state index contributed by atoms with van der Waals surface area (Å²) in [6.45, 7) is 2.91. The lowest BCUT2D eigenvalue weighted by Gasteiger charge is -2.20. The van der Waals surface area contributed by atoms with E-state index in [0.717, 1.165) is 31.8 Å². The number of hydrogen-bond donors (Lipinski definition) is 1. The van der Waals surface area contributed by atoms with Crippen molar-refractivity contribution in [1.82, 2.24) is 5.32 Å². The molecule has 0 radical (unpaired) electrons. The van der Waals surface area contributed by atoms with Gasteiger partial charge in [-0.05, 0) is 32.1 Å². The fraction of sp³-hybridized carbons (Fsp3) is 0.929. The van der Waals surface area contributed by atoms with Crippen LogP contribution in [0.4, 0.5) is 0 Å². The van der Waals surface area contributed by atoms with E-state index in [1.807, 2.05) is 0 Å². The van der Waals surface area contributed by atoms with Crippen molar-refractivity contribution in [3.05, 3.63) is 0 Å². The number of hydrogen-bond acceptors (Lipinski definition) is 2. The summed E-state index contributed by atoms with van der Waals surface area (Å²) in [6.07, 6.45) is 9.61. The standard InChI is InChI=1S/C14H25NO2/c1-11(13-7-4-10-17-13)15-14(16)9-8-12-5-2-3-6-12/h11-13H,2-10H2,1H3,(H,15,16)/t11-,13+/m1/s1. The lowest BCUT2D eigenvalue weighted by atomic mass is 10.0. The molecule has 1 N–H and O–H groups in total. The molecule has 0 aromatic heterocycles. The molecule has 2 atom stereocenters. The van der Waals surface area contributed by atoms with Crippen LogP contribution in [-0.4, -0.2) is 24.7 Å². The van der Waals surface area contributed by atoms with E-state index in [0.29, 0.717) is 6.42 Å². The van der Waals surface area contributed by atoms with Crippen LogP contribution in [0.3, 0.4) is 0 Å². The van der Waals surface area contributed by atoms with Gasteiger partial charge in [-0.3, -0.25) is 4.79 Å². The zero-order valence-corrected chi connectivity index (χ0v) is 10.9. The van der Waals surface area contributed by atoms with Gasteiger partial charge in [0.05, 0.1) is 12.1 Å². The van der Waals surface area contributed by atoms with Crippen LogP contribution in [0.2, 0.25) is 0 Å². The molecule has 98 valence electrons. The third-order valence-corrected chi connectivity index (χ3v) is 4.17. The third-order valence-electron chi connectivity index (χ3n) is 4.17. The highest BCUT2D eigenvalue weighted by Gasteiger charge is 2.24. The zero-order valence-electron chi connectivity index (χ0n) is 10.9. The molecule has 17 heavy (non-hydrogen) atoms.